The molecule has 1 aromatic carbocycles. The first-order valence-corrected chi connectivity index (χ1v) is 7.60. The van der Waals surface area contributed by atoms with E-state index in [1.54, 1.807) is 12.3 Å². The molecule has 1 N–H and O–H groups in total. The average molecular weight is 323 g/mol. The second-order valence-corrected chi connectivity index (χ2v) is 5.39. The minimum absolute atomic E-state index is 0.475. The molecule has 1 saturated heterocycles. The summed E-state index contributed by atoms with van der Waals surface area (Å²) in [6.07, 6.45) is 1.10. The minimum Gasteiger partial charge on any atom is -0.379 e. The molecular formula is C16H19F2N3O2. The molecule has 0 spiro atoms. The number of benzene rings is 1. The minimum atomic E-state index is -0.885. The molecule has 1 aromatic heterocycles. The smallest absolute Gasteiger partial charge is 0.159 e. The van der Waals surface area contributed by atoms with Gasteiger partial charge in [0.15, 0.2) is 11.6 Å². The Morgan fingerprint density at radius 2 is 2.04 bits per heavy atom. The van der Waals surface area contributed by atoms with Crippen molar-refractivity contribution in [3.8, 4) is 0 Å². The molecule has 23 heavy (non-hydrogen) atoms. The van der Waals surface area contributed by atoms with Gasteiger partial charge in [-0.05, 0) is 23.8 Å². The maximum absolute atomic E-state index is 13.5. The summed E-state index contributed by atoms with van der Waals surface area (Å²) in [6, 6.07) is 5.56. The molecule has 1 fully saturated rings. The van der Waals surface area contributed by atoms with Crippen LogP contribution in [0.4, 0.5) is 8.78 Å². The van der Waals surface area contributed by atoms with Gasteiger partial charge in [0.2, 0.25) is 0 Å². The lowest BCUT2D eigenvalue weighted by Gasteiger charge is -2.27. The van der Waals surface area contributed by atoms with E-state index in [4.69, 9.17) is 9.47 Å². The zero-order valence-corrected chi connectivity index (χ0v) is 12.7. The quantitative estimate of drug-likeness (QED) is 0.885. The van der Waals surface area contributed by atoms with Gasteiger partial charge in [0.1, 0.15) is 6.10 Å². The van der Waals surface area contributed by atoms with Gasteiger partial charge in [-0.25, -0.2) is 8.78 Å². The van der Waals surface area contributed by atoms with Crippen LogP contribution in [0.5, 0.6) is 0 Å². The molecule has 1 aliphatic rings. The van der Waals surface area contributed by atoms with Crippen LogP contribution in [0, 0.1) is 11.6 Å². The first kappa shape index (κ1) is 16.0. The Labute approximate surface area is 133 Å². The number of nitrogens with zero attached hydrogens (tertiary/aromatic N) is 2. The highest BCUT2D eigenvalue weighted by atomic mass is 19.2. The largest absolute Gasteiger partial charge is 0.379 e. The fourth-order valence-electron chi connectivity index (χ4n) is 2.58. The van der Waals surface area contributed by atoms with Crippen molar-refractivity contribution in [1.29, 1.82) is 0 Å². The molecule has 7 heteroatoms. The van der Waals surface area contributed by atoms with Crippen LogP contribution in [0.1, 0.15) is 17.4 Å². The zero-order valence-electron chi connectivity index (χ0n) is 12.7. The topological polar surface area (TPSA) is 50.4 Å². The maximum Gasteiger partial charge on any atom is 0.159 e. The summed E-state index contributed by atoms with van der Waals surface area (Å²) < 4.78 is 37.9. The SMILES string of the molecule is Fc1ccc(C(OCCN2CCOCC2)c2ccn[nH]2)cc1F. The number of halogens is 2. The molecule has 1 atom stereocenters. The van der Waals surface area contributed by atoms with Crippen LogP contribution >= 0.6 is 0 Å². The molecule has 2 heterocycles. The highest BCUT2D eigenvalue weighted by Crippen LogP contribution is 2.25. The second kappa shape index (κ2) is 7.63. The number of ether oxygens (including phenoxy) is 2. The van der Waals surface area contributed by atoms with Gasteiger partial charge >= 0.3 is 0 Å². The molecule has 0 amide bonds. The Kier molecular flexibility index (Phi) is 5.32. The molecule has 0 radical (unpaired) electrons. The van der Waals surface area contributed by atoms with Crippen LogP contribution in [0.15, 0.2) is 30.5 Å². The predicted octanol–water partition coefficient (Wildman–Crippen LogP) is 2.13. The highest BCUT2D eigenvalue weighted by Gasteiger charge is 2.19. The van der Waals surface area contributed by atoms with Gasteiger partial charge in [-0.3, -0.25) is 10.00 Å². The van der Waals surface area contributed by atoms with Crippen molar-refractivity contribution in [1.82, 2.24) is 15.1 Å². The molecule has 1 aliphatic heterocycles. The Balaban J connectivity index is 1.67. The second-order valence-electron chi connectivity index (χ2n) is 5.39. The van der Waals surface area contributed by atoms with Gasteiger partial charge in [-0.2, -0.15) is 5.10 Å². The third-order valence-corrected chi connectivity index (χ3v) is 3.85. The fourth-order valence-corrected chi connectivity index (χ4v) is 2.58. The van der Waals surface area contributed by atoms with Crippen molar-refractivity contribution >= 4 is 0 Å². The number of rotatable bonds is 6. The lowest BCUT2D eigenvalue weighted by atomic mass is 10.1. The summed E-state index contributed by atoms with van der Waals surface area (Å²) >= 11 is 0. The molecule has 0 aliphatic carbocycles. The van der Waals surface area contributed by atoms with Crippen LogP contribution < -0.4 is 0 Å². The number of aromatic amines is 1. The summed E-state index contributed by atoms with van der Waals surface area (Å²) in [5.41, 5.74) is 1.26. The van der Waals surface area contributed by atoms with E-state index in [2.05, 4.69) is 15.1 Å². The summed E-state index contributed by atoms with van der Waals surface area (Å²) in [5, 5.41) is 6.74. The molecule has 0 saturated carbocycles. The summed E-state index contributed by atoms with van der Waals surface area (Å²) in [5.74, 6) is -1.76. The van der Waals surface area contributed by atoms with Crippen molar-refractivity contribution in [2.75, 3.05) is 39.5 Å². The molecular weight excluding hydrogens is 304 g/mol. The van der Waals surface area contributed by atoms with Crippen LogP contribution in [0.25, 0.3) is 0 Å². The van der Waals surface area contributed by atoms with E-state index in [0.29, 0.717) is 17.9 Å². The predicted molar refractivity (Wildman–Crippen MR) is 80.0 cm³/mol. The Hall–Kier alpha value is -1.83. The zero-order chi connectivity index (χ0) is 16.1. The number of morpholine rings is 1. The third kappa shape index (κ3) is 4.13. The van der Waals surface area contributed by atoms with Gasteiger partial charge in [-0.1, -0.05) is 6.07 Å². The molecule has 1 unspecified atom stereocenters. The van der Waals surface area contributed by atoms with E-state index in [-0.39, 0.29) is 0 Å². The molecule has 3 rings (SSSR count). The summed E-state index contributed by atoms with van der Waals surface area (Å²) in [6.45, 7) is 4.45. The number of hydrogen-bond acceptors (Lipinski definition) is 4. The van der Waals surface area contributed by atoms with Gasteiger partial charge in [-0.15, -0.1) is 0 Å². The van der Waals surface area contributed by atoms with Gasteiger partial charge < -0.3 is 9.47 Å². The van der Waals surface area contributed by atoms with Crippen molar-refractivity contribution in [3.63, 3.8) is 0 Å². The van der Waals surface area contributed by atoms with E-state index in [1.807, 2.05) is 0 Å². The fraction of sp³-hybridized carbons (Fsp3) is 0.438. The maximum atomic E-state index is 13.5. The molecule has 0 bridgehead atoms. The van der Waals surface area contributed by atoms with Crippen LogP contribution in [0.3, 0.4) is 0 Å². The molecule has 124 valence electrons. The standard InChI is InChI=1S/C16H19F2N3O2/c17-13-2-1-12(11-14(13)18)16(15-3-4-19-20-15)23-10-7-21-5-8-22-9-6-21/h1-4,11,16H,5-10H2,(H,19,20). The molecule has 2 aromatic rings. The number of nitrogens with one attached hydrogen (secondary N) is 1. The lowest BCUT2D eigenvalue weighted by molar-refractivity contribution is 0.00890. The average Bonchev–Trinajstić information content (AvgIpc) is 3.09. The Morgan fingerprint density at radius 1 is 1.22 bits per heavy atom. The van der Waals surface area contributed by atoms with Crippen LogP contribution in [-0.4, -0.2) is 54.6 Å². The number of hydrogen-bond donors (Lipinski definition) is 1. The Bertz CT molecular complexity index is 616. The molecule has 5 nitrogen and oxygen atoms in total. The van der Waals surface area contributed by atoms with Crippen molar-refractivity contribution in [2.24, 2.45) is 0 Å². The highest BCUT2D eigenvalue weighted by molar-refractivity contribution is 5.26. The van der Waals surface area contributed by atoms with Crippen molar-refractivity contribution in [2.45, 2.75) is 6.10 Å². The summed E-state index contributed by atoms with van der Waals surface area (Å²) in [7, 11) is 0. The number of H-pyrrole nitrogens is 1. The normalized spacial score (nSPS) is 17.3. The first-order chi connectivity index (χ1) is 11.2. The van der Waals surface area contributed by atoms with Crippen molar-refractivity contribution in [3.05, 3.63) is 53.4 Å². The Morgan fingerprint density at radius 3 is 2.74 bits per heavy atom. The van der Waals surface area contributed by atoms with Gasteiger partial charge in [0.25, 0.3) is 0 Å². The van der Waals surface area contributed by atoms with E-state index in [9.17, 15) is 8.78 Å². The van der Waals surface area contributed by atoms with Crippen LogP contribution in [0.2, 0.25) is 0 Å². The first-order valence-electron chi connectivity index (χ1n) is 7.60. The van der Waals surface area contributed by atoms with Crippen molar-refractivity contribution < 1.29 is 18.3 Å². The van der Waals surface area contributed by atoms with E-state index in [0.717, 1.165) is 45.0 Å². The third-order valence-electron chi connectivity index (χ3n) is 3.85. The van der Waals surface area contributed by atoms with Gasteiger partial charge in [0.05, 0.1) is 25.5 Å². The van der Waals surface area contributed by atoms with E-state index >= 15 is 0 Å². The van der Waals surface area contributed by atoms with Gasteiger partial charge in [0, 0.05) is 25.8 Å². The lowest BCUT2D eigenvalue weighted by Crippen LogP contribution is -2.38. The van der Waals surface area contributed by atoms with E-state index < -0.39 is 17.7 Å². The van der Waals surface area contributed by atoms with Crippen LogP contribution in [-0.2, 0) is 9.47 Å². The number of aromatic nitrogens is 2. The summed E-state index contributed by atoms with van der Waals surface area (Å²) in [4.78, 5) is 2.25. The van der Waals surface area contributed by atoms with E-state index in [1.165, 1.54) is 6.07 Å². The monoisotopic (exact) mass is 323 g/mol.